The maximum absolute atomic E-state index is 10.3. The summed E-state index contributed by atoms with van der Waals surface area (Å²) in [6.45, 7) is 4.39. The molecule has 0 fully saturated rings. The summed E-state index contributed by atoms with van der Waals surface area (Å²) in [4.78, 5) is 10.3. The number of carboxylic acid groups (broad SMARTS) is 1. The molecular formula is C13H24O2. The standard InChI is InChI=1S/C13H24O2/c1-3-5-6-9-12(4-2)10-7-8-11-13(14)15/h10H,3-9,11H2,1-2H3,(H,14,15). The van der Waals surface area contributed by atoms with Crippen molar-refractivity contribution in [3.8, 4) is 0 Å². The van der Waals surface area contributed by atoms with E-state index in [-0.39, 0.29) is 0 Å². The molecule has 0 aliphatic heterocycles. The van der Waals surface area contributed by atoms with E-state index in [4.69, 9.17) is 5.11 Å². The molecule has 0 radical (unpaired) electrons. The molecule has 0 aromatic heterocycles. The number of aliphatic carboxylic acids is 1. The minimum absolute atomic E-state index is 0.294. The Labute approximate surface area is 93.4 Å². The SMILES string of the molecule is CCCCCC(=CCCCC(=O)O)CC. The Kier molecular flexibility index (Phi) is 9.24. The highest BCUT2D eigenvalue weighted by Crippen LogP contribution is 2.14. The van der Waals surface area contributed by atoms with Gasteiger partial charge < -0.3 is 5.11 Å². The van der Waals surface area contributed by atoms with Gasteiger partial charge in [0.15, 0.2) is 0 Å². The first-order valence-corrected chi connectivity index (χ1v) is 6.10. The second kappa shape index (κ2) is 9.75. The van der Waals surface area contributed by atoms with Crippen LogP contribution < -0.4 is 0 Å². The highest BCUT2D eigenvalue weighted by Gasteiger charge is 1.97. The summed E-state index contributed by atoms with van der Waals surface area (Å²) in [5.41, 5.74) is 1.49. The fourth-order valence-electron chi connectivity index (χ4n) is 1.58. The van der Waals surface area contributed by atoms with E-state index in [9.17, 15) is 4.79 Å². The van der Waals surface area contributed by atoms with Crippen molar-refractivity contribution in [3.05, 3.63) is 11.6 Å². The zero-order chi connectivity index (χ0) is 11.5. The van der Waals surface area contributed by atoms with Crippen LogP contribution in [0.3, 0.4) is 0 Å². The molecule has 0 rings (SSSR count). The second-order valence-corrected chi connectivity index (χ2v) is 3.96. The first kappa shape index (κ1) is 14.2. The van der Waals surface area contributed by atoms with Gasteiger partial charge in [0, 0.05) is 6.42 Å². The topological polar surface area (TPSA) is 37.3 Å². The summed E-state index contributed by atoms with van der Waals surface area (Å²) in [5.74, 6) is -0.688. The molecule has 15 heavy (non-hydrogen) atoms. The zero-order valence-corrected chi connectivity index (χ0v) is 10.1. The van der Waals surface area contributed by atoms with Crippen LogP contribution in [0.25, 0.3) is 0 Å². The third-order valence-electron chi connectivity index (χ3n) is 2.58. The van der Waals surface area contributed by atoms with E-state index in [1.165, 1.54) is 31.3 Å². The molecule has 0 saturated heterocycles. The van der Waals surface area contributed by atoms with Crippen LogP contribution in [0.1, 0.15) is 65.2 Å². The summed E-state index contributed by atoms with van der Waals surface area (Å²) in [5, 5.41) is 8.49. The van der Waals surface area contributed by atoms with Gasteiger partial charge in [-0.1, -0.05) is 38.3 Å². The number of hydrogen-bond acceptors (Lipinski definition) is 1. The Hall–Kier alpha value is -0.790. The average Bonchev–Trinajstić information content (AvgIpc) is 2.21. The molecule has 0 heterocycles. The number of allylic oxidation sites excluding steroid dienone is 2. The molecule has 0 atom stereocenters. The molecule has 2 heteroatoms. The van der Waals surface area contributed by atoms with Crippen molar-refractivity contribution in [1.82, 2.24) is 0 Å². The lowest BCUT2D eigenvalue weighted by Gasteiger charge is -2.03. The van der Waals surface area contributed by atoms with Gasteiger partial charge in [-0.25, -0.2) is 0 Å². The molecule has 0 bridgehead atoms. The van der Waals surface area contributed by atoms with Crippen LogP contribution in [0.5, 0.6) is 0 Å². The van der Waals surface area contributed by atoms with Crippen molar-refractivity contribution >= 4 is 5.97 Å². The summed E-state index contributed by atoms with van der Waals surface area (Å²) < 4.78 is 0. The van der Waals surface area contributed by atoms with Crippen molar-refractivity contribution in [1.29, 1.82) is 0 Å². The summed E-state index contributed by atoms with van der Waals surface area (Å²) in [6.07, 6.45) is 10.3. The van der Waals surface area contributed by atoms with Gasteiger partial charge in [-0.15, -0.1) is 0 Å². The molecule has 0 spiro atoms. The molecule has 88 valence electrons. The second-order valence-electron chi connectivity index (χ2n) is 3.96. The van der Waals surface area contributed by atoms with E-state index in [0.717, 1.165) is 19.3 Å². The molecule has 1 N–H and O–H groups in total. The van der Waals surface area contributed by atoms with Crippen molar-refractivity contribution in [2.45, 2.75) is 65.2 Å². The van der Waals surface area contributed by atoms with E-state index < -0.39 is 5.97 Å². The lowest BCUT2D eigenvalue weighted by Crippen LogP contribution is -1.93. The summed E-state index contributed by atoms with van der Waals surface area (Å²) in [6, 6.07) is 0. The summed E-state index contributed by atoms with van der Waals surface area (Å²) in [7, 11) is 0. The molecule has 0 unspecified atom stereocenters. The Bertz CT molecular complexity index is 195. The van der Waals surface area contributed by atoms with Gasteiger partial charge in [-0.3, -0.25) is 4.79 Å². The third-order valence-corrected chi connectivity index (χ3v) is 2.58. The van der Waals surface area contributed by atoms with Crippen LogP contribution >= 0.6 is 0 Å². The van der Waals surface area contributed by atoms with Crippen molar-refractivity contribution in [3.63, 3.8) is 0 Å². The molecule has 0 aliphatic carbocycles. The Balaban J connectivity index is 3.64. The minimum Gasteiger partial charge on any atom is -0.481 e. The van der Waals surface area contributed by atoms with Crippen LogP contribution in [0.15, 0.2) is 11.6 Å². The number of unbranched alkanes of at least 4 members (excludes halogenated alkanes) is 3. The van der Waals surface area contributed by atoms with Crippen LogP contribution in [0, 0.1) is 0 Å². The molecular weight excluding hydrogens is 188 g/mol. The maximum Gasteiger partial charge on any atom is 0.303 e. The zero-order valence-electron chi connectivity index (χ0n) is 10.1. The maximum atomic E-state index is 10.3. The number of hydrogen-bond donors (Lipinski definition) is 1. The molecule has 0 aromatic carbocycles. The largest absolute Gasteiger partial charge is 0.481 e. The van der Waals surface area contributed by atoms with Crippen LogP contribution in [0.2, 0.25) is 0 Å². The Morgan fingerprint density at radius 1 is 1.13 bits per heavy atom. The Morgan fingerprint density at radius 3 is 2.40 bits per heavy atom. The average molecular weight is 212 g/mol. The van der Waals surface area contributed by atoms with Crippen LogP contribution in [-0.2, 0) is 4.79 Å². The first-order valence-electron chi connectivity index (χ1n) is 6.10. The summed E-state index contributed by atoms with van der Waals surface area (Å²) >= 11 is 0. The quantitative estimate of drug-likeness (QED) is 0.460. The molecule has 0 saturated carbocycles. The predicted octanol–water partition coefficient (Wildman–Crippen LogP) is 4.16. The van der Waals surface area contributed by atoms with E-state index in [0.29, 0.717) is 6.42 Å². The monoisotopic (exact) mass is 212 g/mol. The van der Waals surface area contributed by atoms with Gasteiger partial charge in [0.2, 0.25) is 0 Å². The van der Waals surface area contributed by atoms with E-state index in [1.807, 2.05) is 0 Å². The molecule has 0 aliphatic rings. The third kappa shape index (κ3) is 9.51. The van der Waals surface area contributed by atoms with Crippen LogP contribution in [-0.4, -0.2) is 11.1 Å². The smallest absolute Gasteiger partial charge is 0.303 e. The van der Waals surface area contributed by atoms with E-state index in [2.05, 4.69) is 19.9 Å². The Morgan fingerprint density at radius 2 is 1.87 bits per heavy atom. The van der Waals surface area contributed by atoms with E-state index >= 15 is 0 Å². The fraction of sp³-hybridized carbons (Fsp3) is 0.769. The highest BCUT2D eigenvalue weighted by atomic mass is 16.4. The molecule has 0 amide bonds. The molecule has 0 aromatic rings. The van der Waals surface area contributed by atoms with Gasteiger partial charge >= 0.3 is 5.97 Å². The number of rotatable bonds is 9. The van der Waals surface area contributed by atoms with E-state index in [1.54, 1.807) is 0 Å². The molecule has 2 nitrogen and oxygen atoms in total. The lowest BCUT2D eigenvalue weighted by molar-refractivity contribution is -0.137. The predicted molar refractivity (Wildman–Crippen MR) is 64.0 cm³/mol. The van der Waals surface area contributed by atoms with Crippen molar-refractivity contribution in [2.75, 3.05) is 0 Å². The minimum atomic E-state index is -0.688. The van der Waals surface area contributed by atoms with Gasteiger partial charge in [0.25, 0.3) is 0 Å². The van der Waals surface area contributed by atoms with Crippen molar-refractivity contribution in [2.24, 2.45) is 0 Å². The van der Waals surface area contributed by atoms with Gasteiger partial charge in [-0.05, 0) is 32.1 Å². The fourth-order valence-corrected chi connectivity index (χ4v) is 1.58. The van der Waals surface area contributed by atoms with Gasteiger partial charge in [0.05, 0.1) is 0 Å². The van der Waals surface area contributed by atoms with Crippen molar-refractivity contribution < 1.29 is 9.90 Å². The number of carboxylic acids is 1. The highest BCUT2D eigenvalue weighted by molar-refractivity contribution is 5.66. The first-order chi connectivity index (χ1) is 7.20. The van der Waals surface area contributed by atoms with Gasteiger partial charge in [0.1, 0.15) is 0 Å². The normalized spacial score (nSPS) is 11.7. The number of carbonyl (C=O) groups is 1. The lowest BCUT2D eigenvalue weighted by atomic mass is 10.0. The van der Waals surface area contributed by atoms with Crippen LogP contribution in [0.4, 0.5) is 0 Å². The van der Waals surface area contributed by atoms with Gasteiger partial charge in [-0.2, -0.15) is 0 Å².